The Bertz CT molecular complexity index is 338. The molecule has 3 heteroatoms. The van der Waals surface area contributed by atoms with Gasteiger partial charge in [-0.2, -0.15) is 0 Å². The summed E-state index contributed by atoms with van der Waals surface area (Å²) in [5, 5.41) is 9.67. The molecule has 0 bridgehead atoms. The van der Waals surface area contributed by atoms with Gasteiger partial charge in [-0.3, -0.25) is 0 Å². The average Bonchev–Trinajstić information content (AvgIpc) is 2.15. The van der Waals surface area contributed by atoms with Crippen LogP contribution >= 0.6 is 27.7 Å². The van der Waals surface area contributed by atoms with E-state index in [0.29, 0.717) is 12.2 Å². The second kappa shape index (κ2) is 6.36. The number of hydrogen-bond acceptors (Lipinski definition) is 2. The molecule has 0 radical (unpaired) electrons. The minimum atomic E-state index is -0.306. The van der Waals surface area contributed by atoms with E-state index in [1.54, 1.807) is 11.8 Å². The fourth-order valence-corrected chi connectivity index (χ4v) is 2.71. The zero-order valence-electron chi connectivity index (χ0n) is 8.74. The maximum Gasteiger partial charge on any atom is 0.0670 e. The molecule has 1 aromatic rings. The van der Waals surface area contributed by atoms with Crippen LogP contribution in [0, 0.1) is 0 Å². The van der Waals surface area contributed by atoms with Crippen LogP contribution in [0.3, 0.4) is 0 Å². The van der Waals surface area contributed by atoms with Crippen molar-refractivity contribution >= 4 is 27.7 Å². The molecular weight excluding hydrogens is 272 g/mol. The number of aliphatic hydroxyl groups excluding tert-OH is 1. The summed E-state index contributed by atoms with van der Waals surface area (Å²) in [6.45, 7) is 5.73. The summed E-state index contributed by atoms with van der Waals surface area (Å²) in [6.07, 6.45) is 0.372. The summed E-state index contributed by atoms with van der Waals surface area (Å²) in [7, 11) is 0. The highest BCUT2D eigenvalue weighted by Crippen LogP contribution is 2.27. The minimum absolute atomic E-state index is 0.306. The zero-order valence-corrected chi connectivity index (χ0v) is 11.1. The smallest absolute Gasteiger partial charge is 0.0670 e. The first-order valence-electron chi connectivity index (χ1n) is 4.79. The Kier molecular flexibility index (Phi) is 5.43. The SMILES string of the molecule is C=C(C)CC(O)CSc1ccccc1Br. The van der Waals surface area contributed by atoms with E-state index in [4.69, 9.17) is 0 Å². The molecule has 0 saturated carbocycles. The fourth-order valence-electron chi connectivity index (χ4n) is 1.21. The number of aliphatic hydroxyl groups is 1. The standard InChI is InChI=1S/C12H15BrOS/c1-9(2)7-10(14)8-15-12-6-4-3-5-11(12)13/h3-6,10,14H,1,7-8H2,2H3. The Morgan fingerprint density at radius 1 is 1.53 bits per heavy atom. The van der Waals surface area contributed by atoms with Gasteiger partial charge in [-0.1, -0.05) is 17.7 Å². The van der Waals surface area contributed by atoms with Crippen molar-refractivity contribution in [3.05, 3.63) is 40.9 Å². The van der Waals surface area contributed by atoms with E-state index in [0.717, 1.165) is 10.0 Å². The molecule has 0 fully saturated rings. The molecule has 1 rings (SSSR count). The second-order valence-corrected chi connectivity index (χ2v) is 5.47. The normalized spacial score (nSPS) is 12.5. The molecule has 1 aromatic carbocycles. The lowest BCUT2D eigenvalue weighted by Crippen LogP contribution is -2.09. The van der Waals surface area contributed by atoms with Gasteiger partial charge in [0.25, 0.3) is 0 Å². The van der Waals surface area contributed by atoms with Crippen molar-refractivity contribution in [3.63, 3.8) is 0 Å². The Balaban J connectivity index is 2.43. The van der Waals surface area contributed by atoms with Crippen molar-refractivity contribution in [2.45, 2.75) is 24.3 Å². The van der Waals surface area contributed by atoms with Crippen LogP contribution in [0.5, 0.6) is 0 Å². The van der Waals surface area contributed by atoms with Crippen molar-refractivity contribution in [3.8, 4) is 0 Å². The number of thioether (sulfide) groups is 1. The lowest BCUT2D eigenvalue weighted by Gasteiger charge is -2.10. The highest BCUT2D eigenvalue weighted by atomic mass is 79.9. The highest BCUT2D eigenvalue weighted by molar-refractivity contribution is 9.10. The van der Waals surface area contributed by atoms with E-state index in [9.17, 15) is 5.11 Å². The largest absolute Gasteiger partial charge is 0.392 e. The van der Waals surface area contributed by atoms with Gasteiger partial charge in [-0.05, 0) is 41.4 Å². The van der Waals surface area contributed by atoms with Crippen LogP contribution in [0.25, 0.3) is 0 Å². The first-order valence-corrected chi connectivity index (χ1v) is 6.57. The first kappa shape index (κ1) is 12.8. The summed E-state index contributed by atoms with van der Waals surface area (Å²) in [5.41, 5.74) is 1.02. The first-order chi connectivity index (χ1) is 7.09. The number of halogens is 1. The van der Waals surface area contributed by atoms with Crippen LogP contribution in [0.2, 0.25) is 0 Å². The predicted molar refractivity (Wildman–Crippen MR) is 70.3 cm³/mol. The van der Waals surface area contributed by atoms with Crippen molar-refractivity contribution in [1.82, 2.24) is 0 Å². The van der Waals surface area contributed by atoms with Gasteiger partial charge in [0.05, 0.1) is 6.10 Å². The van der Waals surface area contributed by atoms with Gasteiger partial charge in [0.1, 0.15) is 0 Å². The summed E-state index contributed by atoms with van der Waals surface area (Å²) in [5.74, 6) is 0.704. The van der Waals surface area contributed by atoms with Gasteiger partial charge in [-0.25, -0.2) is 0 Å². The third kappa shape index (κ3) is 4.87. The molecule has 1 unspecified atom stereocenters. The van der Waals surface area contributed by atoms with Gasteiger partial charge < -0.3 is 5.11 Å². The van der Waals surface area contributed by atoms with E-state index in [-0.39, 0.29) is 6.10 Å². The number of hydrogen-bond donors (Lipinski definition) is 1. The highest BCUT2D eigenvalue weighted by Gasteiger charge is 2.06. The van der Waals surface area contributed by atoms with E-state index in [2.05, 4.69) is 22.5 Å². The molecule has 0 saturated heterocycles. The maximum atomic E-state index is 9.67. The predicted octanol–water partition coefficient (Wildman–Crippen LogP) is 3.87. The van der Waals surface area contributed by atoms with Crippen LogP contribution in [0.4, 0.5) is 0 Å². The molecule has 1 atom stereocenters. The molecule has 0 aliphatic rings. The second-order valence-electron chi connectivity index (χ2n) is 3.56. The molecule has 0 aromatic heterocycles. The zero-order chi connectivity index (χ0) is 11.3. The molecule has 1 N–H and O–H groups in total. The summed E-state index contributed by atoms with van der Waals surface area (Å²) >= 11 is 5.14. The van der Waals surface area contributed by atoms with Gasteiger partial charge in [0.15, 0.2) is 0 Å². The van der Waals surface area contributed by atoms with Crippen LogP contribution in [0.15, 0.2) is 45.8 Å². The molecule has 0 heterocycles. The Hall–Kier alpha value is -0.250. The Labute approximate surface area is 104 Å². The molecule has 0 aliphatic carbocycles. The fraction of sp³-hybridized carbons (Fsp3) is 0.333. The van der Waals surface area contributed by atoms with E-state index >= 15 is 0 Å². The monoisotopic (exact) mass is 286 g/mol. The topological polar surface area (TPSA) is 20.2 Å². The van der Waals surface area contributed by atoms with E-state index < -0.39 is 0 Å². The molecule has 0 amide bonds. The third-order valence-electron chi connectivity index (χ3n) is 1.85. The van der Waals surface area contributed by atoms with Gasteiger partial charge in [0, 0.05) is 15.1 Å². The molecule has 1 nitrogen and oxygen atoms in total. The van der Waals surface area contributed by atoms with Crippen molar-refractivity contribution in [1.29, 1.82) is 0 Å². The van der Waals surface area contributed by atoms with Crippen LogP contribution < -0.4 is 0 Å². The van der Waals surface area contributed by atoms with Crippen molar-refractivity contribution in [2.24, 2.45) is 0 Å². The van der Waals surface area contributed by atoms with E-state index in [1.165, 1.54) is 4.90 Å². The van der Waals surface area contributed by atoms with Gasteiger partial charge in [-0.15, -0.1) is 18.3 Å². The quantitative estimate of drug-likeness (QED) is 0.655. The minimum Gasteiger partial charge on any atom is -0.392 e. The lowest BCUT2D eigenvalue weighted by molar-refractivity contribution is 0.200. The molecular formula is C12H15BrOS. The summed E-state index contributed by atoms with van der Waals surface area (Å²) in [4.78, 5) is 1.17. The average molecular weight is 287 g/mol. The van der Waals surface area contributed by atoms with Gasteiger partial charge in [0.2, 0.25) is 0 Å². The summed E-state index contributed by atoms with van der Waals surface area (Å²) < 4.78 is 1.08. The van der Waals surface area contributed by atoms with Crippen molar-refractivity contribution < 1.29 is 5.11 Å². The number of rotatable bonds is 5. The van der Waals surface area contributed by atoms with E-state index in [1.807, 2.05) is 31.2 Å². The third-order valence-corrected chi connectivity index (χ3v) is 4.02. The van der Waals surface area contributed by atoms with Gasteiger partial charge >= 0.3 is 0 Å². The molecule has 15 heavy (non-hydrogen) atoms. The Morgan fingerprint density at radius 2 is 2.20 bits per heavy atom. The molecule has 0 aliphatic heterocycles. The number of benzene rings is 1. The lowest BCUT2D eigenvalue weighted by atomic mass is 10.2. The molecule has 0 spiro atoms. The van der Waals surface area contributed by atoms with Crippen LogP contribution in [-0.4, -0.2) is 17.0 Å². The van der Waals surface area contributed by atoms with Crippen molar-refractivity contribution in [2.75, 3.05) is 5.75 Å². The van der Waals surface area contributed by atoms with Crippen LogP contribution in [-0.2, 0) is 0 Å². The Morgan fingerprint density at radius 3 is 2.80 bits per heavy atom. The molecule has 82 valence electrons. The summed E-state index contributed by atoms with van der Waals surface area (Å²) in [6, 6.07) is 8.03. The van der Waals surface area contributed by atoms with Crippen LogP contribution in [0.1, 0.15) is 13.3 Å². The maximum absolute atomic E-state index is 9.67.